The predicted octanol–water partition coefficient (Wildman–Crippen LogP) is 5.07. The van der Waals surface area contributed by atoms with Gasteiger partial charge in [0.15, 0.2) is 0 Å². The molecule has 3 atom stereocenters. The van der Waals surface area contributed by atoms with E-state index < -0.39 is 10.1 Å². The van der Waals surface area contributed by atoms with Gasteiger partial charge in [-0.3, -0.25) is 4.55 Å². The smallest absolute Gasteiger partial charge is 0.410 e. The number of hydrogen-bond acceptors (Lipinski definition) is 6. The van der Waals surface area contributed by atoms with E-state index in [0.717, 1.165) is 23.2 Å². The van der Waals surface area contributed by atoms with Crippen LogP contribution < -0.4 is 5.32 Å². The van der Waals surface area contributed by atoms with Crippen molar-refractivity contribution in [2.45, 2.75) is 36.9 Å². The molecule has 2 aliphatic heterocycles. The number of rotatable bonds is 5. The number of ether oxygens (including phenoxy) is 2. The number of benzene rings is 3. The highest BCUT2D eigenvalue weighted by atomic mass is 32.2. The van der Waals surface area contributed by atoms with Crippen LogP contribution in [0.2, 0.25) is 0 Å². The van der Waals surface area contributed by atoms with Gasteiger partial charge in [0.2, 0.25) is 0 Å². The van der Waals surface area contributed by atoms with Crippen LogP contribution in [-0.4, -0.2) is 50.3 Å². The Morgan fingerprint density at radius 1 is 1.03 bits per heavy atom. The van der Waals surface area contributed by atoms with Crippen molar-refractivity contribution in [2.75, 3.05) is 25.6 Å². The van der Waals surface area contributed by atoms with Crippen molar-refractivity contribution < 1.29 is 27.2 Å². The first kappa shape index (κ1) is 26.7. The number of hydrogen-bond donors (Lipinski definition) is 2. The van der Waals surface area contributed by atoms with E-state index in [-0.39, 0.29) is 23.1 Å². The SMILES string of the molecule is COC[C@@H]1Nc2ccccc2[C@H]2[C@@H]1CCN2C(=O)OCc1ccccc1.Cc1ccc(S(=O)(=O)O)cc1. The van der Waals surface area contributed by atoms with Crippen molar-refractivity contribution in [3.05, 3.63) is 95.6 Å². The number of carbonyl (C=O) groups excluding carboxylic acids is 1. The molecule has 37 heavy (non-hydrogen) atoms. The summed E-state index contributed by atoms with van der Waals surface area (Å²) in [6.07, 6.45) is 0.703. The number of para-hydroxylation sites is 1. The summed E-state index contributed by atoms with van der Waals surface area (Å²) in [7, 11) is -2.30. The van der Waals surface area contributed by atoms with Crippen LogP contribution in [0.25, 0.3) is 0 Å². The van der Waals surface area contributed by atoms with Gasteiger partial charge >= 0.3 is 6.09 Å². The van der Waals surface area contributed by atoms with Crippen LogP contribution in [0.4, 0.5) is 10.5 Å². The van der Waals surface area contributed by atoms with E-state index in [4.69, 9.17) is 14.0 Å². The summed E-state index contributed by atoms with van der Waals surface area (Å²) in [6, 6.07) is 24.2. The van der Waals surface area contributed by atoms with Crippen molar-refractivity contribution in [3.63, 3.8) is 0 Å². The molecule has 2 heterocycles. The third-order valence-electron chi connectivity index (χ3n) is 6.69. The molecule has 1 amide bonds. The highest BCUT2D eigenvalue weighted by Gasteiger charge is 2.46. The summed E-state index contributed by atoms with van der Waals surface area (Å²) >= 11 is 0. The highest BCUT2D eigenvalue weighted by molar-refractivity contribution is 7.85. The van der Waals surface area contributed by atoms with Crippen LogP contribution in [-0.2, 0) is 26.2 Å². The fourth-order valence-corrected chi connectivity index (χ4v) is 5.37. The van der Waals surface area contributed by atoms with Crippen molar-refractivity contribution in [2.24, 2.45) is 5.92 Å². The molecule has 5 rings (SSSR count). The van der Waals surface area contributed by atoms with Gasteiger partial charge in [0.05, 0.1) is 23.6 Å². The summed E-state index contributed by atoms with van der Waals surface area (Å²) in [6.45, 7) is 3.48. The molecule has 0 bridgehead atoms. The first-order valence-electron chi connectivity index (χ1n) is 12.1. The fourth-order valence-electron chi connectivity index (χ4n) is 4.89. The van der Waals surface area contributed by atoms with Gasteiger partial charge in [-0.2, -0.15) is 8.42 Å². The van der Waals surface area contributed by atoms with E-state index in [0.29, 0.717) is 25.7 Å². The summed E-state index contributed by atoms with van der Waals surface area (Å²) < 4.78 is 40.6. The average molecular weight is 525 g/mol. The largest absolute Gasteiger partial charge is 0.445 e. The monoisotopic (exact) mass is 524 g/mol. The first-order chi connectivity index (χ1) is 17.8. The highest BCUT2D eigenvalue weighted by Crippen LogP contribution is 2.46. The van der Waals surface area contributed by atoms with Gasteiger partial charge in [-0.25, -0.2) is 4.79 Å². The minimum absolute atomic E-state index is 0.0378. The van der Waals surface area contributed by atoms with Gasteiger partial charge in [0.25, 0.3) is 10.1 Å². The quantitative estimate of drug-likeness (QED) is 0.449. The number of nitrogens with zero attached hydrogens (tertiary/aromatic N) is 1. The molecule has 0 unspecified atom stereocenters. The third-order valence-corrected chi connectivity index (χ3v) is 7.55. The molecule has 1 fully saturated rings. The molecule has 8 nitrogen and oxygen atoms in total. The second-order valence-electron chi connectivity index (χ2n) is 9.21. The zero-order valence-electron chi connectivity index (χ0n) is 20.9. The van der Waals surface area contributed by atoms with Crippen molar-refractivity contribution >= 4 is 21.9 Å². The Morgan fingerprint density at radius 3 is 2.38 bits per heavy atom. The molecule has 2 N–H and O–H groups in total. The van der Waals surface area contributed by atoms with E-state index in [2.05, 4.69) is 17.4 Å². The van der Waals surface area contributed by atoms with Gasteiger partial charge < -0.3 is 19.7 Å². The lowest BCUT2D eigenvalue weighted by Crippen LogP contribution is -2.43. The Hall–Kier alpha value is -3.40. The zero-order chi connectivity index (χ0) is 26.4. The molecule has 3 aromatic rings. The van der Waals surface area contributed by atoms with E-state index in [1.54, 1.807) is 19.2 Å². The van der Waals surface area contributed by atoms with Crippen molar-refractivity contribution in [1.82, 2.24) is 4.90 Å². The zero-order valence-corrected chi connectivity index (χ0v) is 21.7. The molecule has 9 heteroatoms. The van der Waals surface area contributed by atoms with Crippen LogP contribution in [0, 0.1) is 12.8 Å². The normalized spacial score (nSPS) is 20.1. The summed E-state index contributed by atoms with van der Waals surface area (Å²) in [5.41, 5.74) is 4.20. The molecule has 196 valence electrons. The fraction of sp³-hybridized carbons (Fsp3) is 0.321. The lowest BCUT2D eigenvalue weighted by atomic mass is 9.83. The van der Waals surface area contributed by atoms with E-state index >= 15 is 0 Å². The minimum Gasteiger partial charge on any atom is -0.445 e. The molecule has 3 aromatic carbocycles. The van der Waals surface area contributed by atoms with Gasteiger partial charge in [-0.15, -0.1) is 0 Å². The van der Waals surface area contributed by atoms with Crippen LogP contribution in [0.15, 0.2) is 83.8 Å². The van der Waals surface area contributed by atoms with Gasteiger partial charge in [-0.05, 0) is 42.7 Å². The molecular weight excluding hydrogens is 492 g/mol. The van der Waals surface area contributed by atoms with Crippen LogP contribution in [0.5, 0.6) is 0 Å². The lowest BCUT2D eigenvalue weighted by Gasteiger charge is -2.39. The standard InChI is InChI=1S/C21H24N2O3.C7H8O3S/c1-25-14-19-17-11-12-23(20(17)16-9-5-6-10-18(16)22-19)21(24)26-13-15-7-3-2-4-8-15;1-6-2-4-7(5-3-6)11(8,9)10/h2-10,17,19-20,22H,11-14H2,1H3;2-5H,1H3,(H,8,9,10)/t17-,19+,20+;/m1./s1. The Balaban J connectivity index is 0.000000245. The second-order valence-corrected chi connectivity index (χ2v) is 10.6. The Morgan fingerprint density at radius 2 is 1.70 bits per heavy atom. The Bertz CT molecular complexity index is 1300. The molecule has 0 aromatic heterocycles. The van der Waals surface area contributed by atoms with Crippen molar-refractivity contribution in [3.8, 4) is 0 Å². The molecule has 0 spiro atoms. The third kappa shape index (κ3) is 6.49. The number of methoxy groups -OCH3 is 1. The van der Waals surface area contributed by atoms with E-state index in [1.165, 1.54) is 17.7 Å². The minimum atomic E-state index is -4.02. The van der Waals surface area contributed by atoms with Crippen LogP contribution >= 0.6 is 0 Å². The first-order valence-corrected chi connectivity index (χ1v) is 13.6. The molecule has 2 aliphatic rings. The number of nitrogens with one attached hydrogen (secondary N) is 1. The maximum atomic E-state index is 12.8. The topological polar surface area (TPSA) is 105 Å². The van der Waals surface area contributed by atoms with Gasteiger partial charge in [0, 0.05) is 25.3 Å². The average Bonchev–Trinajstić information content (AvgIpc) is 3.34. The summed E-state index contributed by atoms with van der Waals surface area (Å²) in [5.74, 6) is 0.328. The molecule has 1 saturated heterocycles. The Kier molecular flexibility index (Phi) is 8.48. The molecule has 0 aliphatic carbocycles. The van der Waals surface area contributed by atoms with Crippen LogP contribution in [0.1, 0.15) is 29.2 Å². The second kappa shape index (κ2) is 11.8. The summed E-state index contributed by atoms with van der Waals surface area (Å²) in [4.78, 5) is 14.6. The number of aryl methyl sites for hydroxylation is 1. The maximum absolute atomic E-state index is 12.8. The molecule has 0 radical (unpaired) electrons. The van der Waals surface area contributed by atoms with E-state index in [1.807, 2.05) is 54.3 Å². The Labute approximate surface area is 218 Å². The van der Waals surface area contributed by atoms with Gasteiger partial charge in [-0.1, -0.05) is 66.2 Å². The van der Waals surface area contributed by atoms with Crippen LogP contribution in [0.3, 0.4) is 0 Å². The van der Waals surface area contributed by atoms with E-state index in [9.17, 15) is 13.2 Å². The van der Waals surface area contributed by atoms with Gasteiger partial charge in [0.1, 0.15) is 6.61 Å². The number of carbonyl (C=O) groups is 1. The predicted molar refractivity (Wildman–Crippen MR) is 141 cm³/mol. The summed E-state index contributed by atoms with van der Waals surface area (Å²) in [5, 5.41) is 3.58. The molecular formula is C28H32N2O6S. The van der Waals surface area contributed by atoms with Crippen molar-refractivity contribution in [1.29, 1.82) is 0 Å². The number of likely N-dealkylation sites (tertiary alicyclic amines) is 1. The number of fused-ring (bicyclic) bond motifs is 3. The maximum Gasteiger partial charge on any atom is 0.410 e. The lowest BCUT2D eigenvalue weighted by molar-refractivity contribution is 0.0825. The number of anilines is 1. The number of amides is 1. The molecule has 0 saturated carbocycles.